The van der Waals surface area contributed by atoms with Crippen molar-refractivity contribution in [3.8, 4) is 0 Å². The molecule has 21 heavy (non-hydrogen) atoms. The number of nitrogens with one attached hydrogen (secondary N) is 1. The fourth-order valence-corrected chi connectivity index (χ4v) is 3.07. The van der Waals surface area contributed by atoms with Crippen molar-refractivity contribution in [3.63, 3.8) is 0 Å². The Bertz CT molecular complexity index is 717. The number of halogens is 2. The van der Waals surface area contributed by atoms with Crippen molar-refractivity contribution >= 4 is 27.5 Å². The predicted octanol–water partition coefficient (Wildman–Crippen LogP) is 3.59. The first-order valence-corrected chi connectivity index (χ1v) is 7.48. The van der Waals surface area contributed by atoms with Crippen molar-refractivity contribution in [1.82, 2.24) is 5.32 Å². The minimum Gasteiger partial charge on any atom is -0.399 e. The average molecular weight is 349 g/mol. The highest BCUT2D eigenvalue weighted by Crippen LogP contribution is 2.32. The molecule has 3 N–H and O–H groups in total. The van der Waals surface area contributed by atoms with Crippen molar-refractivity contribution in [2.24, 2.45) is 0 Å². The van der Waals surface area contributed by atoms with E-state index in [0.717, 1.165) is 29.7 Å². The topological polar surface area (TPSA) is 55.1 Å². The molecule has 1 aliphatic rings. The summed E-state index contributed by atoms with van der Waals surface area (Å²) in [5.41, 5.74) is 8.74. The van der Waals surface area contributed by atoms with Gasteiger partial charge in [-0.05, 0) is 64.2 Å². The lowest BCUT2D eigenvalue weighted by Gasteiger charge is -2.15. The Kier molecular flexibility index (Phi) is 3.68. The Morgan fingerprint density at radius 2 is 2.14 bits per heavy atom. The minimum absolute atomic E-state index is 0.0493. The van der Waals surface area contributed by atoms with E-state index in [2.05, 4.69) is 21.2 Å². The summed E-state index contributed by atoms with van der Waals surface area (Å²) in [4.78, 5) is 12.3. The number of nitrogen functional groups attached to an aromatic ring is 1. The molecule has 0 spiro atoms. The van der Waals surface area contributed by atoms with Gasteiger partial charge in [0.1, 0.15) is 5.82 Å². The molecule has 3 nitrogen and oxygen atoms in total. The van der Waals surface area contributed by atoms with Crippen LogP contribution in [0.5, 0.6) is 0 Å². The summed E-state index contributed by atoms with van der Waals surface area (Å²) in [6, 6.07) is 10.3. The van der Waals surface area contributed by atoms with E-state index in [-0.39, 0.29) is 16.1 Å². The molecule has 0 saturated carbocycles. The molecule has 0 bridgehead atoms. The minimum atomic E-state index is -0.537. The zero-order valence-electron chi connectivity index (χ0n) is 11.2. The highest BCUT2D eigenvalue weighted by molar-refractivity contribution is 9.10. The normalized spacial score (nSPS) is 16.6. The number of hydrogen-bond donors (Lipinski definition) is 2. The third kappa shape index (κ3) is 2.65. The largest absolute Gasteiger partial charge is 0.399 e. The lowest BCUT2D eigenvalue weighted by atomic mass is 10.1. The molecule has 0 radical (unpaired) electrons. The van der Waals surface area contributed by atoms with E-state index < -0.39 is 11.7 Å². The monoisotopic (exact) mass is 348 g/mol. The number of carbonyl (C=O) groups excluding carboxylic acids is 1. The van der Waals surface area contributed by atoms with Crippen LogP contribution < -0.4 is 11.1 Å². The lowest BCUT2D eigenvalue weighted by Crippen LogP contribution is -2.28. The lowest BCUT2D eigenvalue weighted by molar-refractivity contribution is 0.0932. The van der Waals surface area contributed by atoms with Gasteiger partial charge < -0.3 is 11.1 Å². The number of hydrogen-bond acceptors (Lipinski definition) is 2. The van der Waals surface area contributed by atoms with Crippen LogP contribution in [0, 0.1) is 5.82 Å². The van der Waals surface area contributed by atoms with Gasteiger partial charge in [-0.3, -0.25) is 4.79 Å². The van der Waals surface area contributed by atoms with Gasteiger partial charge in [0.15, 0.2) is 0 Å². The van der Waals surface area contributed by atoms with Gasteiger partial charge in [-0.1, -0.05) is 12.1 Å². The number of nitrogens with two attached hydrogens (primary N) is 1. The Balaban J connectivity index is 1.83. The molecule has 1 atom stereocenters. The molecule has 0 aliphatic heterocycles. The second kappa shape index (κ2) is 5.48. The molecule has 0 heterocycles. The Morgan fingerprint density at radius 3 is 2.95 bits per heavy atom. The highest BCUT2D eigenvalue weighted by atomic mass is 79.9. The van der Waals surface area contributed by atoms with E-state index in [1.165, 1.54) is 6.07 Å². The maximum atomic E-state index is 14.0. The number of carbonyl (C=O) groups is 1. The molecule has 3 rings (SSSR count). The number of aryl methyl sites for hydroxylation is 1. The van der Waals surface area contributed by atoms with Gasteiger partial charge >= 0.3 is 0 Å². The quantitative estimate of drug-likeness (QED) is 0.815. The van der Waals surface area contributed by atoms with Crippen LogP contribution in [0.2, 0.25) is 0 Å². The molecule has 1 aliphatic carbocycles. The fraction of sp³-hybridized carbons (Fsp3) is 0.188. The van der Waals surface area contributed by atoms with Crippen LogP contribution >= 0.6 is 15.9 Å². The molecular weight excluding hydrogens is 335 g/mol. The van der Waals surface area contributed by atoms with E-state index in [9.17, 15) is 9.18 Å². The zero-order chi connectivity index (χ0) is 15.0. The first-order valence-electron chi connectivity index (χ1n) is 6.69. The third-order valence-electron chi connectivity index (χ3n) is 3.75. The number of rotatable bonds is 2. The van der Waals surface area contributed by atoms with E-state index >= 15 is 0 Å². The Morgan fingerprint density at radius 1 is 1.33 bits per heavy atom. The van der Waals surface area contributed by atoms with Crippen LogP contribution in [-0.2, 0) is 6.42 Å². The van der Waals surface area contributed by atoms with Gasteiger partial charge in [0.05, 0.1) is 16.1 Å². The predicted molar refractivity (Wildman–Crippen MR) is 83.5 cm³/mol. The maximum Gasteiger partial charge on any atom is 0.254 e. The van der Waals surface area contributed by atoms with Crippen molar-refractivity contribution < 1.29 is 9.18 Å². The number of amides is 1. The SMILES string of the molecule is Nc1ccc2c(c1)CCC2NC(=O)c1cccc(Br)c1F. The molecule has 0 fully saturated rings. The van der Waals surface area contributed by atoms with E-state index in [1.807, 2.05) is 18.2 Å². The Labute approximate surface area is 130 Å². The first kappa shape index (κ1) is 14.1. The van der Waals surface area contributed by atoms with Crippen molar-refractivity contribution in [2.45, 2.75) is 18.9 Å². The number of fused-ring (bicyclic) bond motifs is 1. The van der Waals surface area contributed by atoms with Gasteiger partial charge in [0, 0.05) is 5.69 Å². The second-order valence-corrected chi connectivity index (χ2v) is 5.98. The summed E-state index contributed by atoms with van der Waals surface area (Å²) in [6.45, 7) is 0. The van der Waals surface area contributed by atoms with Gasteiger partial charge in [-0.15, -0.1) is 0 Å². The van der Waals surface area contributed by atoms with Crippen LogP contribution in [0.1, 0.15) is 33.9 Å². The van der Waals surface area contributed by atoms with Gasteiger partial charge in [0.2, 0.25) is 0 Å². The van der Waals surface area contributed by atoms with Crippen molar-refractivity contribution in [1.29, 1.82) is 0 Å². The molecule has 1 amide bonds. The van der Waals surface area contributed by atoms with Gasteiger partial charge in [-0.2, -0.15) is 0 Å². The van der Waals surface area contributed by atoms with Crippen LogP contribution in [0.15, 0.2) is 40.9 Å². The van der Waals surface area contributed by atoms with Crippen LogP contribution in [0.4, 0.5) is 10.1 Å². The van der Waals surface area contributed by atoms with Crippen molar-refractivity contribution in [2.75, 3.05) is 5.73 Å². The summed E-state index contributed by atoms with van der Waals surface area (Å²) in [5.74, 6) is -0.936. The van der Waals surface area contributed by atoms with Crippen molar-refractivity contribution in [3.05, 3.63) is 63.4 Å². The van der Waals surface area contributed by atoms with E-state index in [4.69, 9.17) is 5.73 Å². The van der Waals surface area contributed by atoms with E-state index in [0.29, 0.717) is 0 Å². The second-order valence-electron chi connectivity index (χ2n) is 5.12. The summed E-state index contributed by atoms with van der Waals surface area (Å²) in [6.07, 6.45) is 1.67. The fourth-order valence-electron chi connectivity index (χ4n) is 2.70. The smallest absolute Gasteiger partial charge is 0.254 e. The molecule has 2 aromatic rings. The molecule has 0 aromatic heterocycles. The van der Waals surface area contributed by atoms with Crippen LogP contribution in [0.3, 0.4) is 0 Å². The summed E-state index contributed by atoms with van der Waals surface area (Å²) in [5, 5.41) is 2.90. The molecule has 1 unspecified atom stereocenters. The first-order chi connectivity index (χ1) is 10.1. The summed E-state index contributed by atoms with van der Waals surface area (Å²) >= 11 is 3.09. The van der Waals surface area contributed by atoms with Crippen LogP contribution in [0.25, 0.3) is 0 Å². The molecule has 5 heteroatoms. The molecular formula is C16H14BrFN2O. The standard InChI is InChI=1S/C16H14BrFN2O/c17-13-3-1-2-12(15(13)18)16(21)20-14-7-4-9-8-10(19)5-6-11(9)14/h1-3,5-6,8,14H,4,7,19H2,(H,20,21). The molecule has 2 aromatic carbocycles. The van der Waals surface area contributed by atoms with Crippen LogP contribution in [-0.4, -0.2) is 5.91 Å². The zero-order valence-corrected chi connectivity index (χ0v) is 12.8. The molecule has 0 saturated heterocycles. The molecule has 108 valence electrons. The number of anilines is 1. The average Bonchev–Trinajstić information content (AvgIpc) is 2.84. The Hall–Kier alpha value is -1.88. The van der Waals surface area contributed by atoms with Gasteiger partial charge in [-0.25, -0.2) is 4.39 Å². The number of benzene rings is 2. The summed E-state index contributed by atoms with van der Waals surface area (Å²) in [7, 11) is 0. The van der Waals surface area contributed by atoms with E-state index in [1.54, 1.807) is 12.1 Å². The maximum absolute atomic E-state index is 14.0. The summed E-state index contributed by atoms with van der Waals surface area (Å²) < 4.78 is 14.2. The third-order valence-corrected chi connectivity index (χ3v) is 4.36. The van der Waals surface area contributed by atoms with Gasteiger partial charge in [0.25, 0.3) is 5.91 Å². The highest BCUT2D eigenvalue weighted by Gasteiger charge is 2.25.